The molecule has 0 aliphatic rings. The van der Waals surface area contributed by atoms with Crippen LogP contribution in [0.25, 0.3) is 0 Å². The highest BCUT2D eigenvalue weighted by Gasteiger charge is 2.14. The summed E-state index contributed by atoms with van der Waals surface area (Å²) in [7, 11) is 0. The lowest BCUT2D eigenvalue weighted by molar-refractivity contribution is 0.157. The molecule has 100 valence electrons. The summed E-state index contributed by atoms with van der Waals surface area (Å²) in [5.74, 6) is 0.0702. The van der Waals surface area contributed by atoms with Gasteiger partial charge in [-0.2, -0.15) is 0 Å². The van der Waals surface area contributed by atoms with Crippen LogP contribution in [0.5, 0.6) is 0 Å². The first-order valence-corrected chi connectivity index (χ1v) is 7.23. The van der Waals surface area contributed by atoms with Crippen molar-refractivity contribution in [2.45, 2.75) is 28.7 Å². The zero-order valence-electron chi connectivity index (χ0n) is 11.0. The van der Waals surface area contributed by atoms with E-state index in [9.17, 15) is 5.11 Å². The van der Waals surface area contributed by atoms with Crippen molar-refractivity contribution in [3.8, 4) is 0 Å². The summed E-state index contributed by atoms with van der Waals surface area (Å²) >= 11 is 1.73. The van der Waals surface area contributed by atoms with E-state index in [1.54, 1.807) is 11.8 Å². The maximum absolute atomic E-state index is 9.75. The molecule has 0 heterocycles. The first-order valence-electron chi connectivity index (χ1n) is 6.41. The predicted molar refractivity (Wildman–Crippen MR) is 80.5 cm³/mol. The second-order valence-electron chi connectivity index (χ2n) is 4.58. The number of aliphatic hydroxyl groups is 1. The fourth-order valence-electron chi connectivity index (χ4n) is 1.89. The van der Waals surface area contributed by atoms with Crippen LogP contribution in [-0.2, 0) is 0 Å². The van der Waals surface area contributed by atoms with E-state index >= 15 is 0 Å². The highest BCUT2D eigenvalue weighted by atomic mass is 32.2. The minimum absolute atomic E-state index is 0.0702. The topological polar surface area (TPSA) is 46.2 Å². The summed E-state index contributed by atoms with van der Waals surface area (Å²) in [5.41, 5.74) is 6.61. The standard InChI is InChI=1S/C16H19NOS/c1-12(16(18)11-17)13-7-9-15(10-8-13)19-14-5-3-2-4-6-14/h2-10,12,16,18H,11,17H2,1H3. The van der Waals surface area contributed by atoms with Crippen molar-refractivity contribution >= 4 is 11.8 Å². The van der Waals surface area contributed by atoms with E-state index < -0.39 is 6.10 Å². The van der Waals surface area contributed by atoms with Crippen LogP contribution in [0, 0.1) is 0 Å². The maximum atomic E-state index is 9.75. The Morgan fingerprint density at radius 1 is 1.00 bits per heavy atom. The Morgan fingerprint density at radius 3 is 2.16 bits per heavy atom. The largest absolute Gasteiger partial charge is 0.391 e. The van der Waals surface area contributed by atoms with Crippen LogP contribution < -0.4 is 5.73 Å². The second kappa shape index (κ2) is 6.75. The minimum Gasteiger partial charge on any atom is -0.391 e. The Labute approximate surface area is 118 Å². The lowest BCUT2D eigenvalue weighted by Crippen LogP contribution is -2.25. The van der Waals surface area contributed by atoms with Gasteiger partial charge in [-0.05, 0) is 29.8 Å². The van der Waals surface area contributed by atoms with Gasteiger partial charge in [0.05, 0.1) is 6.10 Å². The third kappa shape index (κ3) is 3.83. The number of nitrogens with two attached hydrogens (primary N) is 1. The zero-order chi connectivity index (χ0) is 13.7. The highest BCUT2D eigenvalue weighted by molar-refractivity contribution is 7.99. The molecule has 0 radical (unpaired) electrons. The molecule has 2 aromatic carbocycles. The molecule has 0 aliphatic heterocycles. The fraction of sp³-hybridized carbons (Fsp3) is 0.250. The Hall–Kier alpha value is -1.29. The Balaban J connectivity index is 2.06. The minimum atomic E-state index is -0.479. The molecule has 0 saturated carbocycles. The summed E-state index contributed by atoms with van der Waals surface area (Å²) in [6.45, 7) is 2.29. The van der Waals surface area contributed by atoms with Gasteiger partial charge in [0.2, 0.25) is 0 Å². The van der Waals surface area contributed by atoms with Crippen LogP contribution in [-0.4, -0.2) is 17.8 Å². The third-order valence-corrected chi connectivity index (χ3v) is 4.22. The first-order chi connectivity index (χ1) is 9.20. The Bertz CT molecular complexity index is 498. The zero-order valence-corrected chi connectivity index (χ0v) is 11.8. The molecule has 3 heteroatoms. The van der Waals surface area contributed by atoms with E-state index in [1.807, 2.05) is 25.1 Å². The van der Waals surface area contributed by atoms with E-state index in [1.165, 1.54) is 9.79 Å². The number of rotatable bonds is 5. The molecule has 3 N–H and O–H groups in total. The van der Waals surface area contributed by atoms with Crippen molar-refractivity contribution in [1.29, 1.82) is 0 Å². The van der Waals surface area contributed by atoms with Crippen molar-refractivity contribution in [3.05, 3.63) is 60.2 Å². The summed E-state index contributed by atoms with van der Waals surface area (Å²) in [5, 5.41) is 9.75. The molecule has 0 fully saturated rings. The van der Waals surface area contributed by atoms with Gasteiger partial charge in [-0.1, -0.05) is 49.0 Å². The molecule has 2 aromatic rings. The molecule has 0 amide bonds. The molecule has 2 nitrogen and oxygen atoms in total. The molecule has 0 aromatic heterocycles. The van der Waals surface area contributed by atoms with Crippen molar-refractivity contribution in [3.63, 3.8) is 0 Å². The molecule has 2 atom stereocenters. The SMILES string of the molecule is CC(c1ccc(Sc2ccccc2)cc1)C(O)CN. The average Bonchev–Trinajstić information content (AvgIpc) is 2.47. The van der Waals surface area contributed by atoms with Gasteiger partial charge in [-0.3, -0.25) is 0 Å². The van der Waals surface area contributed by atoms with E-state index in [0.29, 0.717) is 6.54 Å². The number of benzene rings is 2. The van der Waals surface area contributed by atoms with Gasteiger partial charge in [-0.25, -0.2) is 0 Å². The van der Waals surface area contributed by atoms with E-state index in [-0.39, 0.29) is 5.92 Å². The van der Waals surface area contributed by atoms with E-state index in [4.69, 9.17) is 5.73 Å². The normalized spacial score (nSPS) is 14.1. The predicted octanol–water partition coefficient (Wildman–Crippen LogP) is 3.26. The van der Waals surface area contributed by atoms with Crippen molar-refractivity contribution in [2.24, 2.45) is 5.73 Å². The summed E-state index contributed by atoms with van der Waals surface area (Å²) < 4.78 is 0. The molecular formula is C16H19NOS. The van der Waals surface area contributed by atoms with Gasteiger partial charge in [0.1, 0.15) is 0 Å². The van der Waals surface area contributed by atoms with Gasteiger partial charge in [0, 0.05) is 22.3 Å². The van der Waals surface area contributed by atoms with Crippen LogP contribution in [0.3, 0.4) is 0 Å². The molecular weight excluding hydrogens is 254 g/mol. The van der Waals surface area contributed by atoms with Crippen LogP contribution >= 0.6 is 11.8 Å². The Morgan fingerprint density at radius 2 is 1.58 bits per heavy atom. The highest BCUT2D eigenvalue weighted by Crippen LogP contribution is 2.29. The van der Waals surface area contributed by atoms with Crippen molar-refractivity contribution in [2.75, 3.05) is 6.54 Å². The molecule has 2 rings (SSSR count). The maximum Gasteiger partial charge on any atom is 0.0728 e. The summed E-state index contributed by atoms with van der Waals surface area (Å²) in [6.07, 6.45) is -0.479. The van der Waals surface area contributed by atoms with Crippen LogP contribution in [0.2, 0.25) is 0 Å². The van der Waals surface area contributed by atoms with Crippen molar-refractivity contribution in [1.82, 2.24) is 0 Å². The van der Waals surface area contributed by atoms with Crippen LogP contribution in [0.4, 0.5) is 0 Å². The van der Waals surface area contributed by atoms with E-state index in [0.717, 1.165) is 5.56 Å². The smallest absolute Gasteiger partial charge is 0.0728 e. The molecule has 0 aliphatic carbocycles. The van der Waals surface area contributed by atoms with Crippen LogP contribution in [0.15, 0.2) is 64.4 Å². The quantitative estimate of drug-likeness (QED) is 0.879. The molecule has 0 bridgehead atoms. The molecule has 0 spiro atoms. The van der Waals surface area contributed by atoms with Gasteiger partial charge in [0.25, 0.3) is 0 Å². The number of aliphatic hydroxyl groups excluding tert-OH is 1. The van der Waals surface area contributed by atoms with Crippen LogP contribution in [0.1, 0.15) is 18.4 Å². The fourth-order valence-corrected chi connectivity index (χ4v) is 2.73. The Kier molecular flexibility index (Phi) is 5.02. The molecule has 19 heavy (non-hydrogen) atoms. The lowest BCUT2D eigenvalue weighted by Gasteiger charge is -2.17. The lowest BCUT2D eigenvalue weighted by atomic mass is 9.95. The second-order valence-corrected chi connectivity index (χ2v) is 5.72. The van der Waals surface area contributed by atoms with Gasteiger partial charge in [-0.15, -0.1) is 0 Å². The third-order valence-electron chi connectivity index (χ3n) is 3.20. The molecule has 0 saturated heterocycles. The number of hydrogen-bond donors (Lipinski definition) is 2. The van der Waals surface area contributed by atoms with Crippen molar-refractivity contribution < 1.29 is 5.11 Å². The molecule has 2 unspecified atom stereocenters. The first kappa shape index (κ1) is 14.1. The van der Waals surface area contributed by atoms with E-state index in [2.05, 4.69) is 36.4 Å². The summed E-state index contributed by atoms with van der Waals surface area (Å²) in [6, 6.07) is 18.6. The van der Waals surface area contributed by atoms with Gasteiger partial charge < -0.3 is 10.8 Å². The summed E-state index contributed by atoms with van der Waals surface area (Å²) in [4.78, 5) is 2.43. The van der Waals surface area contributed by atoms with Gasteiger partial charge in [0.15, 0.2) is 0 Å². The number of hydrogen-bond acceptors (Lipinski definition) is 3. The van der Waals surface area contributed by atoms with Gasteiger partial charge >= 0.3 is 0 Å². The average molecular weight is 273 g/mol. The monoisotopic (exact) mass is 273 g/mol.